The molecule has 0 amide bonds. The Morgan fingerprint density at radius 3 is 2.22 bits per heavy atom. The summed E-state index contributed by atoms with van der Waals surface area (Å²) in [4.78, 5) is 22.0. The van der Waals surface area contributed by atoms with Crippen molar-refractivity contribution in [2.24, 2.45) is 0 Å². The van der Waals surface area contributed by atoms with Crippen molar-refractivity contribution in [3.8, 4) is 17.2 Å². The van der Waals surface area contributed by atoms with Crippen molar-refractivity contribution in [2.45, 2.75) is 0 Å². The Bertz CT molecular complexity index is 754. The van der Waals surface area contributed by atoms with E-state index in [4.69, 9.17) is 26.0 Å². The number of esters is 1. The van der Waals surface area contributed by atoms with Crippen molar-refractivity contribution in [1.82, 2.24) is 0 Å². The lowest BCUT2D eigenvalue weighted by atomic mass is 10.2. The van der Waals surface area contributed by atoms with Gasteiger partial charge in [-0.15, -0.1) is 0 Å². The average Bonchev–Trinajstić information content (AvgIpc) is 2.50. The Kier molecular flexibility index (Phi) is 4.83. The predicted octanol–water partition coefficient (Wildman–Crippen LogP) is 2.19. The standard InChI is InChI=1S/C16H14N2O5/c17-10-1-4-12(5-2-10)22-13-6-3-11(18)9-14(13)23-16(21)8-7-15(19)20/h1-9H,17-18H2,(H,19,20)/b8-7+. The number of nitrogen functional groups attached to an aromatic ring is 2. The molecule has 2 aromatic carbocycles. The first-order valence-electron chi connectivity index (χ1n) is 6.50. The van der Waals surface area contributed by atoms with Crippen LogP contribution in [0, 0.1) is 0 Å². The number of carboxylic acids is 1. The number of aliphatic carboxylic acids is 1. The van der Waals surface area contributed by atoms with Gasteiger partial charge in [-0.2, -0.15) is 0 Å². The van der Waals surface area contributed by atoms with E-state index >= 15 is 0 Å². The Labute approximate surface area is 131 Å². The molecule has 0 bridgehead atoms. The van der Waals surface area contributed by atoms with E-state index in [2.05, 4.69) is 0 Å². The number of carbonyl (C=O) groups excluding carboxylic acids is 1. The quantitative estimate of drug-likeness (QED) is 0.334. The SMILES string of the molecule is Nc1ccc(Oc2ccc(N)cc2OC(=O)/C=C/C(=O)O)cc1. The molecule has 7 nitrogen and oxygen atoms in total. The fraction of sp³-hybridized carbons (Fsp3) is 0. The van der Waals surface area contributed by atoms with Crippen LogP contribution in [0.3, 0.4) is 0 Å². The van der Waals surface area contributed by atoms with Crippen LogP contribution in [0.15, 0.2) is 54.6 Å². The summed E-state index contributed by atoms with van der Waals surface area (Å²) in [6, 6.07) is 11.1. The molecule has 0 atom stereocenters. The summed E-state index contributed by atoms with van der Waals surface area (Å²) in [5.74, 6) is -1.31. The summed E-state index contributed by atoms with van der Waals surface area (Å²) in [6.45, 7) is 0. The first-order chi connectivity index (χ1) is 10.9. The van der Waals surface area contributed by atoms with E-state index in [-0.39, 0.29) is 11.5 Å². The number of hydrogen-bond donors (Lipinski definition) is 3. The lowest BCUT2D eigenvalue weighted by molar-refractivity contribution is -0.133. The monoisotopic (exact) mass is 314 g/mol. The van der Waals surface area contributed by atoms with Crippen LogP contribution >= 0.6 is 0 Å². The van der Waals surface area contributed by atoms with Crippen LogP contribution in [0.1, 0.15) is 0 Å². The van der Waals surface area contributed by atoms with Crippen molar-refractivity contribution in [2.75, 3.05) is 11.5 Å². The third kappa shape index (κ3) is 4.78. The van der Waals surface area contributed by atoms with Gasteiger partial charge in [-0.3, -0.25) is 0 Å². The molecule has 0 saturated carbocycles. The number of carboxylic acid groups (broad SMARTS) is 1. The van der Waals surface area contributed by atoms with Crippen molar-refractivity contribution < 1.29 is 24.2 Å². The van der Waals surface area contributed by atoms with Gasteiger partial charge in [-0.25, -0.2) is 9.59 Å². The summed E-state index contributed by atoms with van der Waals surface area (Å²) < 4.78 is 10.7. The summed E-state index contributed by atoms with van der Waals surface area (Å²) in [7, 11) is 0. The smallest absolute Gasteiger partial charge is 0.336 e. The summed E-state index contributed by atoms with van der Waals surface area (Å²) >= 11 is 0. The van der Waals surface area contributed by atoms with Crippen LogP contribution in [0.25, 0.3) is 0 Å². The van der Waals surface area contributed by atoms with Crippen LogP contribution in [-0.2, 0) is 9.59 Å². The second-order valence-corrected chi connectivity index (χ2v) is 4.47. The molecule has 2 rings (SSSR count). The molecule has 0 spiro atoms. The third-order valence-electron chi connectivity index (χ3n) is 2.65. The van der Waals surface area contributed by atoms with Crippen LogP contribution in [0.2, 0.25) is 0 Å². The summed E-state index contributed by atoms with van der Waals surface area (Å²) in [6.07, 6.45) is 1.47. The maximum Gasteiger partial charge on any atom is 0.336 e. The highest BCUT2D eigenvalue weighted by atomic mass is 16.6. The molecule has 0 aliphatic rings. The number of rotatable bonds is 5. The maximum atomic E-state index is 11.6. The first kappa shape index (κ1) is 15.9. The van der Waals surface area contributed by atoms with Crippen molar-refractivity contribution in [1.29, 1.82) is 0 Å². The van der Waals surface area contributed by atoms with Gasteiger partial charge in [-0.05, 0) is 36.4 Å². The van der Waals surface area contributed by atoms with Gasteiger partial charge in [0.25, 0.3) is 0 Å². The minimum absolute atomic E-state index is 0.0712. The number of nitrogens with two attached hydrogens (primary N) is 2. The Balaban J connectivity index is 2.21. The highest BCUT2D eigenvalue weighted by molar-refractivity contribution is 5.92. The Hall–Kier alpha value is -3.48. The number of anilines is 2. The van der Waals surface area contributed by atoms with Gasteiger partial charge in [-0.1, -0.05) is 0 Å². The van der Waals surface area contributed by atoms with Crippen molar-refractivity contribution in [3.63, 3.8) is 0 Å². The summed E-state index contributed by atoms with van der Waals surface area (Å²) in [5.41, 5.74) is 12.2. The van der Waals surface area contributed by atoms with Crippen LogP contribution in [-0.4, -0.2) is 17.0 Å². The van der Waals surface area contributed by atoms with E-state index in [9.17, 15) is 9.59 Å². The molecule has 0 unspecified atom stereocenters. The van der Waals surface area contributed by atoms with Crippen LogP contribution in [0.5, 0.6) is 17.2 Å². The number of hydrogen-bond acceptors (Lipinski definition) is 6. The van der Waals surface area contributed by atoms with Gasteiger partial charge in [0, 0.05) is 29.6 Å². The molecular formula is C16H14N2O5. The first-order valence-corrected chi connectivity index (χ1v) is 6.50. The molecule has 0 aliphatic heterocycles. The molecule has 2 aromatic rings. The van der Waals surface area contributed by atoms with Crippen LogP contribution in [0.4, 0.5) is 11.4 Å². The second-order valence-electron chi connectivity index (χ2n) is 4.47. The van der Waals surface area contributed by atoms with Gasteiger partial charge in [0.1, 0.15) is 5.75 Å². The molecule has 0 saturated heterocycles. The molecule has 23 heavy (non-hydrogen) atoms. The fourth-order valence-corrected chi connectivity index (χ4v) is 1.63. The largest absolute Gasteiger partial charge is 0.478 e. The molecule has 0 aliphatic carbocycles. The zero-order valence-electron chi connectivity index (χ0n) is 11.9. The number of benzene rings is 2. The summed E-state index contributed by atoms with van der Waals surface area (Å²) in [5, 5.41) is 8.49. The number of carbonyl (C=O) groups is 2. The van der Waals surface area contributed by atoms with E-state index in [1.807, 2.05) is 0 Å². The maximum absolute atomic E-state index is 11.6. The van der Waals surface area contributed by atoms with E-state index in [1.165, 1.54) is 12.1 Å². The minimum Gasteiger partial charge on any atom is -0.478 e. The molecule has 0 aromatic heterocycles. The molecule has 7 heteroatoms. The fourth-order valence-electron chi connectivity index (χ4n) is 1.63. The zero-order valence-corrected chi connectivity index (χ0v) is 11.9. The van der Waals surface area contributed by atoms with Gasteiger partial charge >= 0.3 is 11.9 Å². The van der Waals surface area contributed by atoms with Gasteiger partial charge in [0.2, 0.25) is 0 Å². The molecule has 118 valence electrons. The molecule has 5 N–H and O–H groups in total. The lowest BCUT2D eigenvalue weighted by Crippen LogP contribution is -2.06. The highest BCUT2D eigenvalue weighted by Gasteiger charge is 2.11. The lowest BCUT2D eigenvalue weighted by Gasteiger charge is -2.11. The normalized spacial score (nSPS) is 10.4. The van der Waals surface area contributed by atoms with Gasteiger partial charge < -0.3 is 26.0 Å². The topological polar surface area (TPSA) is 125 Å². The Morgan fingerprint density at radius 1 is 0.913 bits per heavy atom. The zero-order chi connectivity index (χ0) is 16.8. The second kappa shape index (κ2) is 6.99. The molecule has 0 radical (unpaired) electrons. The van der Waals surface area contributed by atoms with Gasteiger partial charge in [0.15, 0.2) is 11.5 Å². The molecule has 0 fully saturated rings. The minimum atomic E-state index is -1.26. The van der Waals surface area contributed by atoms with E-state index in [0.717, 1.165) is 6.08 Å². The van der Waals surface area contributed by atoms with E-state index in [0.29, 0.717) is 23.2 Å². The Morgan fingerprint density at radius 2 is 1.57 bits per heavy atom. The molecule has 0 heterocycles. The van der Waals surface area contributed by atoms with Crippen molar-refractivity contribution >= 4 is 23.3 Å². The average molecular weight is 314 g/mol. The third-order valence-corrected chi connectivity index (χ3v) is 2.65. The predicted molar refractivity (Wildman–Crippen MR) is 84.2 cm³/mol. The van der Waals surface area contributed by atoms with Gasteiger partial charge in [0.05, 0.1) is 0 Å². The van der Waals surface area contributed by atoms with Crippen molar-refractivity contribution in [3.05, 3.63) is 54.6 Å². The molecular weight excluding hydrogens is 300 g/mol. The highest BCUT2D eigenvalue weighted by Crippen LogP contribution is 2.33. The number of ether oxygens (including phenoxy) is 2. The van der Waals surface area contributed by atoms with E-state index < -0.39 is 11.9 Å². The van der Waals surface area contributed by atoms with E-state index in [1.54, 1.807) is 30.3 Å². The van der Waals surface area contributed by atoms with Crippen LogP contribution < -0.4 is 20.9 Å².